The SMILES string of the molecule is Cc1ccc(N2CCN(c3cncc(-c4ccc(C(F)(F)F)cc4)n3)CC2)cc1. The van der Waals surface area contributed by atoms with E-state index in [4.69, 9.17) is 0 Å². The third-order valence-electron chi connectivity index (χ3n) is 5.13. The van der Waals surface area contributed by atoms with Crippen LogP contribution in [0, 0.1) is 6.92 Å². The van der Waals surface area contributed by atoms with Crippen LogP contribution in [-0.2, 0) is 6.18 Å². The van der Waals surface area contributed by atoms with Gasteiger partial charge in [0.05, 0.1) is 23.7 Å². The first-order chi connectivity index (χ1) is 13.9. The Morgan fingerprint density at radius 3 is 2.03 bits per heavy atom. The van der Waals surface area contributed by atoms with Gasteiger partial charge in [-0.25, -0.2) is 4.98 Å². The molecular formula is C22H21F3N4. The van der Waals surface area contributed by atoms with E-state index in [9.17, 15) is 13.2 Å². The molecule has 0 saturated carbocycles. The molecule has 1 aromatic heterocycles. The summed E-state index contributed by atoms with van der Waals surface area (Å²) in [5.41, 5.74) is 2.96. The Hall–Kier alpha value is -3.09. The lowest BCUT2D eigenvalue weighted by Gasteiger charge is -2.36. The van der Waals surface area contributed by atoms with Gasteiger partial charge in [-0.2, -0.15) is 13.2 Å². The van der Waals surface area contributed by atoms with Crippen molar-refractivity contribution in [2.24, 2.45) is 0 Å². The summed E-state index contributed by atoms with van der Waals surface area (Å²) in [5.74, 6) is 0.742. The van der Waals surface area contributed by atoms with Crippen molar-refractivity contribution in [3.63, 3.8) is 0 Å². The van der Waals surface area contributed by atoms with Crippen molar-refractivity contribution in [3.05, 3.63) is 72.1 Å². The van der Waals surface area contributed by atoms with Crippen LogP contribution in [0.2, 0.25) is 0 Å². The number of rotatable bonds is 3. The van der Waals surface area contributed by atoms with Crippen molar-refractivity contribution < 1.29 is 13.2 Å². The standard InChI is InChI=1S/C22H21F3N4/c1-16-2-8-19(9-3-16)28-10-12-29(13-11-28)21-15-26-14-20(27-21)17-4-6-18(7-5-17)22(23,24)25/h2-9,14-15H,10-13H2,1H3. The number of alkyl halides is 3. The molecule has 1 aliphatic heterocycles. The fourth-order valence-corrected chi connectivity index (χ4v) is 3.43. The van der Waals surface area contributed by atoms with Crippen LogP contribution in [0.25, 0.3) is 11.3 Å². The highest BCUT2D eigenvalue weighted by atomic mass is 19.4. The summed E-state index contributed by atoms with van der Waals surface area (Å²) in [6.45, 7) is 5.42. The third kappa shape index (κ3) is 4.34. The van der Waals surface area contributed by atoms with E-state index in [1.165, 1.54) is 23.4 Å². The summed E-state index contributed by atoms with van der Waals surface area (Å²) in [6, 6.07) is 13.5. The zero-order valence-corrected chi connectivity index (χ0v) is 16.0. The summed E-state index contributed by atoms with van der Waals surface area (Å²) in [6.07, 6.45) is -1.06. The fourth-order valence-electron chi connectivity index (χ4n) is 3.43. The summed E-state index contributed by atoms with van der Waals surface area (Å²) in [4.78, 5) is 13.4. The number of aromatic nitrogens is 2. The van der Waals surface area contributed by atoms with Gasteiger partial charge in [-0.15, -0.1) is 0 Å². The van der Waals surface area contributed by atoms with Crippen LogP contribution < -0.4 is 9.80 Å². The lowest BCUT2D eigenvalue weighted by atomic mass is 10.1. The molecule has 0 N–H and O–H groups in total. The van der Waals surface area contributed by atoms with Gasteiger partial charge < -0.3 is 9.80 Å². The number of aryl methyl sites for hydroxylation is 1. The minimum Gasteiger partial charge on any atom is -0.368 e. The summed E-state index contributed by atoms with van der Waals surface area (Å²) in [5, 5.41) is 0. The maximum atomic E-state index is 12.8. The Morgan fingerprint density at radius 2 is 1.41 bits per heavy atom. The van der Waals surface area contributed by atoms with E-state index >= 15 is 0 Å². The van der Waals surface area contributed by atoms with Gasteiger partial charge in [0.15, 0.2) is 0 Å². The lowest BCUT2D eigenvalue weighted by molar-refractivity contribution is -0.137. The molecule has 0 amide bonds. The molecule has 3 aromatic rings. The maximum Gasteiger partial charge on any atom is 0.416 e. The number of piperazine rings is 1. The molecule has 2 heterocycles. The molecule has 29 heavy (non-hydrogen) atoms. The van der Waals surface area contributed by atoms with Crippen LogP contribution in [0.5, 0.6) is 0 Å². The topological polar surface area (TPSA) is 32.3 Å². The molecule has 0 aliphatic carbocycles. The van der Waals surface area contributed by atoms with Gasteiger partial charge in [0, 0.05) is 37.4 Å². The van der Waals surface area contributed by atoms with Crippen LogP contribution in [0.15, 0.2) is 60.9 Å². The molecule has 7 heteroatoms. The van der Waals surface area contributed by atoms with Gasteiger partial charge in [0.2, 0.25) is 0 Å². The van der Waals surface area contributed by atoms with Crippen molar-refractivity contribution in [2.75, 3.05) is 36.0 Å². The predicted octanol–water partition coefficient (Wildman–Crippen LogP) is 4.80. The molecule has 0 atom stereocenters. The summed E-state index contributed by atoms with van der Waals surface area (Å²) < 4.78 is 38.3. The molecule has 0 radical (unpaired) electrons. The minimum atomic E-state index is -4.34. The summed E-state index contributed by atoms with van der Waals surface area (Å²) >= 11 is 0. The number of nitrogens with zero attached hydrogens (tertiary/aromatic N) is 4. The number of anilines is 2. The second kappa shape index (κ2) is 7.73. The quantitative estimate of drug-likeness (QED) is 0.635. The van der Waals surface area contributed by atoms with E-state index in [0.717, 1.165) is 44.1 Å². The molecule has 150 valence electrons. The van der Waals surface area contributed by atoms with Gasteiger partial charge in [0.25, 0.3) is 0 Å². The average Bonchev–Trinajstić information content (AvgIpc) is 2.74. The largest absolute Gasteiger partial charge is 0.416 e. The molecule has 0 bridgehead atoms. The van der Waals surface area contributed by atoms with Gasteiger partial charge in [-0.3, -0.25) is 4.98 Å². The van der Waals surface area contributed by atoms with Crippen LogP contribution in [0.4, 0.5) is 24.7 Å². The zero-order valence-electron chi connectivity index (χ0n) is 16.0. The van der Waals surface area contributed by atoms with Crippen LogP contribution in [0.1, 0.15) is 11.1 Å². The highest BCUT2D eigenvalue weighted by Gasteiger charge is 2.30. The van der Waals surface area contributed by atoms with E-state index in [1.807, 2.05) is 0 Å². The molecule has 4 rings (SSSR count). The van der Waals surface area contributed by atoms with E-state index in [2.05, 4.69) is 51.0 Å². The summed E-state index contributed by atoms with van der Waals surface area (Å²) in [7, 11) is 0. The highest BCUT2D eigenvalue weighted by Crippen LogP contribution is 2.31. The number of benzene rings is 2. The van der Waals surface area contributed by atoms with Crippen molar-refractivity contribution in [1.82, 2.24) is 9.97 Å². The third-order valence-corrected chi connectivity index (χ3v) is 5.13. The second-order valence-electron chi connectivity index (χ2n) is 7.15. The number of halogens is 3. The van der Waals surface area contributed by atoms with E-state index in [-0.39, 0.29) is 0 Å². The monoisotopic (exact) mass is 398 g/mol. The van der Waals surface area contributed by atoms with Gasteiger partial charge >= 0.3 is 6.18 Å². The van der Waals surface area contributed by atoms with Crippen molar-refractivity contribution in [3.8, 4) is 11.3 Å². The fraction of sp³-hybridized carbons (Fsp3) is 0.273. The highest BCUT2D eigenvalue weighted by molar-refractivity contribution is 5.61. The van der Waals surface area contributed by atoms with Gasteiger partial charge in [-0.05, 0) is 31.2 Å². The Kier molecular flexibility index (Phi) is 5.13. The maximum absolute atomic E-state index is 12.8. The van der Waals surface area contributed by atoms with Crippen molar-refractivity contribution in [2.45, 2.75) is 13.1 Å². The van der Waals surface area contributed by atoms with Gasteiger partial charge in [0.1, 0.15) is 5.82 Å². The molecule has 0 unspecified atom stereocenters. The molecule has 4 nitrogen and oxygen atoms in total. The Labute approximate surface area is 167 Å². The van der Waals surface area contributed by atoms with Crippen LogP contribution in [-0.4, -0.2) is 36.1 Å². The normalized spacial score (nSPS) is 14.9. The van der Waals surface area contributed by atoms with E-state index < -0.39 is 11.7 Å². The van der Waals surface area contributed by atoms with Gasteiger partial charge in [-0.1, -0.05) is 29.8 Å². The van der Waals surface area contributed by atoms with Crippen molar-refractivity contribution in [1.29, 1.82) is 0 Å². The second-order valence-corrected chi connectivity index (χ2v) is 7.15. The first-order valence-corrected chi connectivity index (χ1v) is 9.46. The minimum absolute atomic E-state index is 0.567. The Balaban J connectivity index is 1.46. The molecular weight excluding hydrogens is 377 g/mol. The zero-order chi connectivity index (χ0) is 20.4. The Morgan fingerprint density at radius 1 is 0.793 bits per heavy atom. The molecule has 2 aromatic carbocycles. The molecule has 1 saturated heterocycles. The first kappa shape index (κ1) is 19.2. The van der Waals surface area contributed by atoms with Crippen LogP contribution >= 0.6 is 0 Å². The number of hydrogen-bond acceptors (Lipinski definition) is 4. The van der Waals surface area contributed by atoms with Crippen molar-refractivity contribution >= 4 is 11.5 Å². The lowest BCUT2D eigenvalue weighted by Crippen LogP contribution is -2.46. The van der Waals surface area contributed by atoms with Crippen LogP contribution in [0.3, 0.4) is 0 Å². The Bertz CT molecular complexity index is 961. The van der Waals surface area contributed by atoms with E-state index in [0.29, 0.717) is 11.3 Å². The molecule has 1 aliphatic rings. The number of hydrogen-bond donors (Lipinski definition) is 0. The predicted molar refractivity (Wildman–Crippen MR) is 108 cm³/mol. The first-order valence-electron chi connectivity index (χ1n) is 9.46. The van der Waals surface area contributed by atoms with E-state index in [1.54, 1.807) is 12.4 Å². The average molecular weight is 398 g/mol. The molecule has 1 fully saturated rings. The smallest absolute Gasteiger partial charge is 0.368 e. The molecule has 0 spiro atoms.